The van der Waals surface area contributed by atoms with E-state index in [0.29, 0.717) is 21.6 Å². The summed E-state index contributed by atoms with van der Waals surface area (Å²) in [4.78, 5) is 16.7. The second kappa shape index (κ2) is 7.81. The lowest BCUT2D eigenvalue weighted by molar-refractivity contribution is 0.102. The number of nitrogens with zero attached hydrogens (tertiary/aromatic N) is 1. The Morgan fingerprint density at radius 3 is 2.44 bits per heavy atom. The Balaban J connectivity index is 1.69. The molecule has 1 aromatic heterocycles. The summed E-state index contributed by atoms with van der Waals surface area (Å²) in [5.41, 5.74) is 3.80. The average molecular weight is 371 g/mol. The zero-order valence-corrected chi connectivity index (χ0v) is 15.7. The first-order valence-electron chi connectivity index (χ1n) is 8.13. The number of thiazole rings is 1. The first kappa shape index (κ1) is 17.6. The van der Waals surface area contributed by atoms with Gasteiger partial charge in [-0.3, -0.25) is 10.1 Å². The third-order valence-electron chi connectivity index (χ3n) is 3.72. The first-order valence-corrected chi connectivity index (χ1v) is 9.39. The van der Waals surface area contributed by atoms with E-state index in [4.69, 9.17) is 11.6 Å². The maximum absolute atomic E-state index is 12.2. The molecule has 25 heavy (non-hydrogen) atoms. The van der Waals surface area contributed by atoms with E-state index in [1.165, 1.54) is 16.9 Å². The van der Waals surface area contributed by atoms with E-state index in [0.717, 1.165) is 17.7 Å². The van der Waals surface area contributed by atoms with Crippen molar-refractivity contribution in [3.63, 3.8) is 0 Å². The summed E-state index contributed by atoms with van der Waals surface area (Å²) < 4.78 is 0. The van der Waals surface area contributed by atoms with Gasteiger partial charge in [-0.1, -0.05) is 49.7 Å². The van der Waals surface area contributed by atoms with Gasteiger partial charge >= 0.3 is 0 Å². The van der Waals surface area contributed by atoms with Crippen LogP contribution in [0, 0.1) is 5.92 Å². The Kier molecular flexibility index (Phi) is 5.51. The van der Waals surface area contributed by atoms with Crippen LogP contribution in [-0.2, 0) is 6.42 Å². The Morgan fingerprint density at radius 1 is 1.12 bits per heavy atom. The number of halogens is 1. The number of anilines is 1. The molecule has 1 N–H and O–H groups in total. The van der Waals surface area contributed by atoms with Crippen molar-refractivity contribution < 1.29 is 4.79 Å². The molecule has 3 aromatic rings. The van der Waals surface area contributed by atoms with E-state index in [2.05, 4.69) is 48.4 Å². The number of benzene rings is 2. The van der Waals surface area contributed by atoms with Crippen LogP contribution in [0.25, 0.3) is 11.3 Å². The Bertz CT molecular complexity index is 854. The minimum atomic E-state index is -0.190. The van der Waals surface area contributed by atoms with Crippen molar-refractivity contribution in [3.8, 4) is 11.3 Å². The van der Waals surface area contributed by atoms with Crippen LogP contribution in [0.2, 0.25) is 5.02 Å². The van der Waals surface area contributed by atoms with Crippen molar-refractivity contribution in [2.45, 2.75) is 20.3 Å². The van der Waals surface area contributed by atoms with Crippen LogP contribution < -0.4 is 5.32 Å². The van der Waals surface area contributed by atoms with Crippen LogP contribution in [0.3, 0.4) is 0 Å². The van der Waals surface area contributed by atoms with Gasteiger partial charge in [0.05, 0.1) is 5.69 Å². The van der Waals surface area contributed by atoms with E-state index in [9.17, 15) is 4.79 Å². The molecule has 0 radical (unpaired) electrons. The number of amides is 1. The molecular weight excluding hydrogens is 352 g/mol. The zero-order valence-electron chi connectivity index (χ0n) is 14.1. The smallest absolute Gasteiger partial charge is 0.257 e. The van der Waals surface area contributed by atoms with Crippen molar-refractivity contribution in [1.29, 1.82) is 0 Å². The van der Waals surface area contributed by atoms with Gasteiger partial charge in [-0.05, 0) is 42.2 Å². The fourth-order valence-corrected chi connectivity index (χ4v) is 3.36. The molecule has 0 atom stereocenters. The highest BCUT2D eigenvalue weighted by Crippen LogP contribution is 2.26. The van der Waals surface area contributed by atoms with E-state index in [-0.39, 0.29) is 5.91 Å². The molecule has 0 aliphatic heterocycles. The largest absolute Gasteiger partial charge is 0.298 e. The molecule has 0 spiro atoms. The second-order valence-corrected chi connectivity index (χ2v) is 7.59. The SMILES string of the molecule is CC(C)Cc1ccc(-c2csc(NC(=O)c3ccc(Cl)cc3)n2)cc1. The van der Waals surface area contributed by atoms with Gasteiger partial charge in [0.1, 0.15) is 0 Å². The van der Waals surface area contributed by atoms with Crippen molar-refractivity contribution in [2.75, 3.05) is 5.32 Å². The van der Waals surface area contributed by atoms with E-state index >= 15 is 0 Å². The fraction of sp³-hybridized carbons (Fsp3) is 0.200. The predicted molar refractivity (Wildman–Crippen MR) is 105 cm³/mol. The first-order chi connectivity index (χ1) is 12.0. The van der Waals surface area contributed by atoms with Gasteiger partial charge in [-0.2, -0.15) is 0 Å². The summed E-state index contributed by atoms with van der Waals surface area (Å²) in [7, 11) is 0. The highest BCUT2D eigenvalue weighted by molar-refractivity contribution is 7.14. The Hall–Kier alpha value is -2.17. The van der Waals surface area contributed by atoms with Crippen LogP contribution in [0.15, 0.2) is 53.9 Å². The molecule has 0 saturated carbocycles. The quantitative estimate of drug-likeness (QED) is 0.606. The number of nitrogens with one attached hydrogen (secondary N) is 1. The topological polar surface area (TPSA) is 42.0 Å². The highest BCUT2D eigenvalue weighted by Gasteiger charge is 2.10. The molecule has 0 bridgehead atoms. The number of hydrogen-bond donors (Lipinski definition) is 1. The lowest BCUT2D eigenvalue weighted by Gasteiger charge is -2.05. The van der Waals surface area contributed by atoms with Gasteiger partial charge in [-0.25, -0.2) is 4.98 Å². The molecule has 0 aliphatic rings. The van der Waals surface area contributed by atoms with Crippen LogP contribution in [0.4, 0.5) is 5.13 Å². The maximum Gasteiger partial charge on any atom is 0.257 e. The summed E-state index contributed by atoms with van der Waals surface area (Å²) in [6.07, 6.45) is 1.07. The third kappa shape index (κ3) is 4.68. The van der Waals surface area contributed by atoms with Crippen molar-refractivity contribution in [3.05, 3.63) is 70.1 Å². The molecule has 0 fully saturated rings. The fourth-order valence-electron chi connectivity index (χ4n) is 2.52. The minimum absolute atomic E-state index is 0.190. The van der Waals surface area contributed by atoms with Crippen molar-refractivity contribution >= 4 is 34.0 Å². The predicted octanol–water partition coefficient (Wildman–Crippen LogP) is 5.91. The van der Waals surface area contributed by atoms with E-state index in [1.54, 1.807) is 24.3 Å². The number of rotatable bonds is 5. The van der Waals surface area contributed by atoms with Crippen LogP contribution in [0.5, 0.6) is 0 Å². The normalized spacial score (nSPS) is 10.9. The van der Waals surface area contributed by atoms with Gasteiger partial charge in [0.15, 0.2) is 5.13 Å². The minimum Gasteiger partial charge on any atom is -0.298 e. The lowest BCUT2D eigenvalue weighted by atomic mass is 10.0. The molecule has 3 rings (SSSR count). The molecule has 1 amide bonds. The Morgan fingerprint density at radius 2 is 1.80 bits per heavy atom. The third-order valence-corrected chi connectivity index (χ3v) is 4.73. The van der Waals surface area contributed by atoms with Crippen LogP contribution in [0.1, 0.15) is 29.8 Å². The summed E-state index contributed by atoms with van der Waals surface area (Å²) in [6.45, 7) is 4.42. The van der Waals surface area contributed by atoms with Crippen molar-refractivity contribution in [2.24, 2.45) is 5.92 Å². The molecule has 3 nitrogen and oxygen atoms in total. The summed E-state index contributed by atoms with van der Waals surface area (Å²) >= 11 is 7.26. The second-order valence-electron chi connectivity index (χ2n) is 6.29. The van der Waals surface area contributed by atoms with E-state index in [1.807, 2.05) is 5.38 Å². The monoisotopic (exact) mass is 370 g/mol. The maximum atomic E-state index is 12.2. The van der Waals surface area contributed by atoms with Gasteiger partial charge in [0, 0.05) is 21.5 Å². The van der Waals surface area contributed by atoms with Gasteiger partial charge in [-0.15, -0.1) is 11.3 Å². The lowest BCUT2D eigenvalue weighted by Crippen LogP contribution is -2.11. The summed E-state index contributed by atoms with van der Waals surface area (Å²) in [6, 6.07) is 15.2. The number of hydrogen-bond acceptors (Lipinski definition) is 3. The highest BCUT2D eigenvalue weighted by atomic mass is 35.5. The molecule has 5 heteroatoms. The van der Waals surface area contributed by atoms with Crippen LogP contribution >= 0.6 is 22.9 Å². The van der Waals surface area contributed by atoms with Gasteiger partial charge in [0.2, 0.25) is 0 Å². The molecule has 0 aliphatic carbocycles. The average Bonchev–Trinajstić information content (AvgIpc) is 3.04. The number of aromatic nitrogens is 1. The standard InChI is InChI=1S/C20H19ClN2OS/c1-13(2)11-14-3-5-15(6-4-14)18-12-25-20(22-18)23-19(24)16-7-9-17(21)10-8-16/h3-10,12-13H,11H2,1-2H3,(H,22,23,24). The number of carbonyl (C=O) groups excluding carboxylic acids is 1. The van der Waals surface area contributed by atoms with E-state index < -0.39 is 0 Å². The molecule has 128 valence electrons. The molecule has 2 aromatic carbocycles. The van der Waals surface area contributed by atoms with Crippen molar-refractivity contribution in [1.82, 2.24) is 4.98 Å². The molecule has 0 saturated heterocycles. The van der Waals surface area contributed by atoms with Gasteiger partial charge in [0.25, 0.3) is 5.91 Å². The molecular formula is C20H19ClN2OS. The molecule has 1 heterocycles. The number of carbonyl (C=O) groups is 1. The van der Waals surface area contributed by atoms with Crippen LogP contribution in [-0.4, -0.2) is 10.9 Å². The summed E-state index contributed by atoms with van der Waals surface area (Å²) in [5.74, 6) is 0.449. The Labute approximate surface area is 156 Å². The zero-order chi connectivity index (χ0) is 17.8. The molecule has 0 unspecified atom stereocenters. The van der Waals surface area contributed by atoms with Gasteiger partial charge < -0.3 is 0 Å². The summed E-state index contributed by atoms with van der Waals surface area (Å²) in [5, 5.41) is 5.97.